The highest BCUT2D eigenvalue weighted by Gasteiger charge is 2.18. The minimum Gasteiger partial charge on any atom is -0.486 e. The van der Waals surface area contributed by atoms with Gasteiger partial charge in [0.15, 0.2) is 17.3 Å². The zero-order chi connectivity index (χ0) is 16.7. The SMILES string of the molecule is CC(C)(C)SCc1nnc2sc(-c3ccc4c(c3)OCCO4)nn12. The topological polar surface area (TPSA) is 61.5 Å². The van der Waals surface area contributed by atoms with Crippen molar-refractivity contribution in [3.05, 3.63) is 24.0 Å². The fourth-order valence-electron chi connectivity index (χ4n) is 2.32. The molecule has 0 atom stereocenters. The Morgan fingerprint density at radius 3 is 2.75 bits per heavy atom. The molecule has 0 radical (unpaired) electrons. The van der Waals surface area contributed by atoms with Crippen LogP contribution < -0.4 is 9.47 Å². The van der Waals surface area contributed by atoms with Crippen LogP contribution in [-0.4, -0.2) is 37.8 Å². The van der Waals surface area contributed by atoms with Crippen LogP contribution in [-0.2, 0) is 5.75 Å². The van der Waals surface area contributed by atoms with E-state index in [1.807, 2.05) is 34.5 Å². The highest BCUT2D eigenvalue weighted by molar-refractivity contribution is 7.99. The second-order valence-electron chi connectivity index (χ2n) is 6.48. The Kier molecular flexibility index (Phi) is 3.88. The molecule has 3 aromatic rings. The fourth-order valence-corrected chi connectivity index (χ4v) is 3.92. The van der Waals surface area contributed by atoms with Gasteiger partial charge in [0, 0.05) is 10.3 Å². The number of aromatic nitrogens is 4. The molecule has 3 heterocycles. The predicted octanol–water partition coefficient (Wildman–Crippen LogP) is 3.66. The number of fused-ring (bicyclic) bond motifs is 2. The highest BCUT2D eigenvalue weighted by atomic mass is 32.2. The Morgan fingerprint density at radius 2 is 1.96 bits per heavy atom. The molecule has 0 aliphatic carbocycles. The lowest BCUT2D eigenvalue weighted by Crippen LogP contribution is -2.15. The Morgan fingerprint density at radius 1 is 1.17 bits per heavy atom. The summed E-state index contributed by atoms with van der Waals surface area (Å²) < 4.78 is 13.2. The van der Waals surface area contributed by atoms with Gasteiger partial charge in [-0.05, 0) is 18.2 Å². The van der Waals surface area contributed by atoms with Gasteiger partial charge in [0.25, 0.3) is 0 Å². The lowest BCUT2D eigenvalue weighted by molar-refractivity contribution is 0.171. The smallest absolute Gasteiger partial charge is 0.235 e. The summed E-state index contributed by atoms with van der Waals surface area (Å²) in [5.41, 5.74) is 1.00. The molecular weight excluding hydrogens is 344 g/mol. The van der Waals surface area contributed by atoms with Gasteiger partial charge >= 0.3 is 0 Å². The zero-order valence-corrected chi connectivity index (χ0v) is 15.4. The largest absolute Gasteiger partial charge is 0.486 e. The summed E-state index contributed by atoms with van der Waals surface area (Å²) in [6.07, 6.45) is 0. The van der Waals surface area contributed by atoms with Crippen LogP contribution in [0.15, 0.2) is 18.2 Å². The van der Waals surface area contributed by atoms with E-state index in [1.54, 1.807) is 0 Å². The molecule has 0 bridgehead atoms. The lowest BCUT2D eigenvalue weighted by atomic mass is 10.2. The minimum atomic E-state index is 0.181. The van der Waals surface area contributed by atoms with Crippen molar-refractivity contribution in [3.8, 4) is 22.1 Å². The number of benzene rings is 1. The van der Waals surface area contributed by atoms with Crippen molar-refractivity contribution >= 4 is 28.1 Å². The van der Waals surface area contributed by atoms with E-state index in [9.17, 15) is 0 Å². The van der Waals surface area contributed by atoms with Crippen LogP contribution in [0.3, 0.4) is 0 Å². The van der Waals surface area contributed by atoms with Gasteiger partial charge in [0.1, 0.15) is 18.2 Å². The molecule has 4 rings (SSSR count). The number of nitrogens with zero attached hydrogens (tertiary/aromatic N) is 4. The van der Waals surface area contributed by atoms with Gasteiger partial charge in [-0.25, -0.2) is 0 Å². The third-order valence-electron chi connectivity index (χ3n) is 3.48. The molecule has 1 aromatic carbocycles. The first-order chi connectivity index (χ1) is 11.5. The summed E-state index contributed by atoms with van der Waals surface area (Å²) in [5, 5.41) is 14.1. The average Bonchev–Trinajstić information content (AvgIpc) is 3.12. The molecule has 0 spiro atoms. The minimum absolute atomic E-state index is 0.181. The summed E-state index contributed by atoms with van der Waals surface area (Å²) in [6, 6.07) is 5.91. The highest BCUT2D eigenvalue weighted by Crippen LogP contribution is 2.36. The van der Waals surface area contributed by atoms with E-state index in [2.05, 4.69) is 31.0 Å². The Hall–Kier alpha value is -1.80. The summed E-state index contributed by atoms with van der Waals surface area (Å²) >= 11 is 3.36. The Bertz CT molecular complexity index is 882. The van der Waals surface area contributed by atoms with Gasteiger partial charge in [-0.3, -0.25) is 0 Å². The number of rotatable bonds is 3. The molecule has 0 saturated heterocycles. The van der Waals surface area contributed by atoms with Gasteiger partial charge in [-0.2, -0.15) is 9.61 Å². The molecule has 8 heteroatoms. The van der Waals surface area contributed by atoms with E-state index in [4.69, 9.17) is 14.6 Å². The molecule has 1 aliphatic rings. The second-order valence-corrected chi connectivity index (χ2v) is 9.24. The van der Waals surface area contributed by atoms with Crippen molar-refractivity contribution in [2.45, 2.75) is 31.3 Å². The van der Waals surface area contributed by atoms with Crippen molar-refractivity contribution in [1.29, 1.82) is 0 Å². The van der Waals surface area contributed by atoms with Crippen molar-refractivity contribution in [2.24, 2.45) is 0 Å². The van der Waals surface area contributed by atoms with Crippen LogP contribution in [0.2, 0.25) is 0 Å². The maximum Gasteiger partial charge on any atom is 0.235 e. The third kappa shape index (κ3) is 3.08. The first kappa shape index (κ1) is 15.7. The molecule has 0 amide bonds. The van der Waals surface area contributed by atoms with Crippen LogP contribution in [0.25, 0.3) is 15.5 Å². The van der Waals surface area contributed by atoms with Crippen LogP contribution >= 0.6 is 23.1 Å². The molecule has 0 N–H and O–H groups in total. The normalized spacial score (nSPS) is 14.3. The van der Waals surface area contributed by atoms with Crippen molar-refractivity contribution < 1.29 is 9.47 Å². The standard InChI is InChI=1S/C16H18N4O2S2/c1-16(2,3)23-9-13-17-18-15-20(13)19-14(24-15)10-4-5-11-12(8-10)22-7-6-21-11/h4-5,8H,6-7,9H2,1-3H3. The molecule has 1 aliphatic heterocycles. The average molecular weight is 362 g/mol. The number of hydrogen-bond acceptors (Lipinski definition) is 7. The summed E-state index contributed by atoms with van der Waals surface area (Å²) in [5.74, 6) is 3.23. The molecule has 126 valence electrons. The molecule has 0 fully saturated rings. The molecular formula is C16H18N4O2S2. The van der Waals surface area contributed by atoms with Crippen molar-refractivity contribution in [1.82, 2.24) is 19.8 Å². The maximum atomic E-state index is 5.65. The summed E-state index contributed by atoms with van der Waals surface area (Å²) in [6.45, 7) is 7.75. The fraction of sp³-hybridized carbons (Fsp3) is 0.438. The lowest BCUT2D eigenvalue weighted by Gasteiger charge is -2.18. The summed E-state index contributed by atoms with van der Waals surface area (Å²) in [4.78, 5) is 0.810. The van der Waals surface area contributed by atoms with E-state index in [1.165, 1.54) is 11.3 Å². The van der Waals surface area contributed by atoms with Gasteiger partial charge in [0.2, 0.25) is 4.96 Å². The molecule has 2 aromatic heterocycles. The van der Waals surface area contributed by atoms with Gasteiger partial charge < -0.3 is 9.47 Å². The van der Waals surface area contributed by atoms with E-state index >= 15 is 0 Å². The van der Waals surface area contributed by atoms with Gasteiger partial charge in [-0.15, -0.1) is 22.0 Å². The molecule has 6 nitrogen and oxygen atoms in total. The Balaban J connectivity index is 1.64. The van der Waals surface area contributed by atoms with E-state index in [-0.39, 0.29) is 4.75 Å². The first-order valence-electron chi connectivity index (χ1n) is 7.75. The van der Waals surface area contributed by atoms with Crippen LogP contribution in [0.5, 0.6) is 11.5 Å². The van der Waals surface area contributed by atoms with Crippen molar-refractivity contribution in [3.63, 3.8) is 0 Å². The zero-order valence-electron chi connectivity index (χ0n) is 13.8. The summed E-state index contributed by atoms with van der Waals surface area (Å²) in [7, 11) is 0. The monoisotopic (exact) mass is 362 g/mol. The molecule has 0 saturated carbocycles. The molecule has 0 unspecified atom stereocenters. The Labute approximate surface area is 148 Å². The molecule has 24 heavy (non-hydrogen) atoms. The van der Waals surface area contributed by atoms with Crippen LogP contribution in [0.4, 0.5) is 0 Å². The van der Waals surface area contributed by atoms with Crippen LogP contribution in [0.1, 0.15) is 26.6 Å². The van der Waals surface area contributed by atoms with Gasteiger partial charge in [0.05, 0.1) is 5.75 Å². The number of thioether (sulfide) groups is 1. The van der Waals surface area contributed by atoms with Gasteiger partial charge in [-0.1, -0.05) is 32.1 Å². The third-order valence-corrected chi connectivity index (χ3v) is 5.70. The van der Waals surface area contributed by atoms with Crippen molar-refractivity contribution in [2.75, 3.05) is 13.2 Å². The van der Waals surface area contributed by atoms with E-state index in [0.29, 0.717) is 13.2 Å². The quantitative estimate of drug-likeness (QED) is 0.709. The maximum absolute atomic E-state index is 5.65. The second kappa shape index (κ2) is 5.93. The van der Waals surface area contributed by atoms with Crippen LogP contribution in [0, 0.1) is 0 Å². The number of ether oxygens (including phenoxy) is 2. The predicted molar refractivity (Wildman–Crippen MR) is 96.1 cm³/mol. The number of hydrogen-bond donors (Lipinski definition) is 0. The van der Waals surface area contributed by atoms with E-state index < -0.39 is 0 Å². The first-order valence-corrected chi connectivity index (χ1v) is 9.55. The van der Waals surface area contributed by atoms with E-state index in [0.717, 1.165) is 38.6 Å².